The number of amides is 1. The van der Waals surface area contributed by atoms with Gasteiger partial charge in [0.05, 0.1) is 0 Å². The summed E-state index contributed by atoms with van der Waals surface area (Å²) in [5, 5.41) is 2.83. The molecule has 0 aliphatic carbocycles. The number of carbonyl (C=O) groups is 1. The highest BCUT2D eigenvalue weighted by molar-refractivity contribution is 9.10. The molecule has 0 heterocycles. The molecule has 1 amide bonds. The monoisotopic (exact) mass is 304 g/mol. The van der Waals surface area contributed by atoms with Crippen LogP contribution in [0.5, 0.6) is 0 Å². The Bertz CT molecular complexity index is 596. The molecular formula is C14H13BrN2O. The van der Waals surface area contributed by atoms with Crippen molar-refractivity contribution in [2.24, 2.45) is 0 Å². The SMILES string of the molecule is Cc1ccccc1C(=O)Nc1ccc(Br)c(N)c1. The summed E-state index contributed by atoms with van der Waals surface area (Å²) in [7, 11) is 0. The molecule has 0 bridgehead atoms. The van der Waals surface area contributed by atoms with Crippen LogP contribution in [-0.2, 0) is 0 Å². The normalized spacial score (nSPS) is 10.1. The molecule has 2 rings (SSSR count). The molecule has 3 N–H and O–H groups in total. The van der Waals surface area contributed by atoms with Crippen molar-refractivity contribution in [2.75, 3.05) is 11.1 Å². The molecule has 92 valence electrons. The van der Waals surface area contributed by atoms with Crippen LogP contribution >= 0.6 is 15.9 Å². The number of halogens is 1. The van der Waals surface area contributed by atoms with Gasteiger partial charge in [0.1, 0.15) is 0 Å². The van der Waals surface area contributed by atoms with E-state index in [4.69, 9.17) is 5.73 Å². The van der Waals surface area contributed by atoms with Gasteiger partial charge in [-0.3, -0.25) is 4.79 Å². The quantitative estimate of drug-likeness (QED) is 0.833. The molecule has 0 aliphatic rings. The second-order valence-electron chi connectivity index (χ2n) is 4.01. The van der Waals surface area contributed by atoms with E-state index in [2.05, 4.69) is 21.2 Å². The number of nitrogens with two attached hydrogens (primary N) is 1. The fourth-order valence-electron chi connectivity index (χ4n) is 1.65. The van der Waals surface area contributed by atoms with E-state index in [1.54, 1.807) is 18.2 Å². The van der Waals surface area contributed by atoms with Gasteiger partial charge >= 0.3 is 0 Å². The standard InChI is InChI=1S/C14H13BrN2O/c1-9-4-2-3-5-11(9)14(18)17-10-6-7-12(15)13(16)8-10/h2-8H,16H2,1H3,(H,17,18). The number of rotatable bonds is 2. The van der Waals surface area contributed by atoms with Gasteiger partial charge in [-0.2, -0.15) is 0 Å². The summed E-state index contributed by atoms with van der Waals surface area (Å²) in [6.45, 7) is 1.91. The van der Waals surface area contributed by atoms with Crippen molar-refractivity contribution in [1.82, 2.24) is 0 Å². The Hall–Kier alpha value is -1.81. The lowest BCUT2D eigenvalue weighted by Gasteiger charge is -2.08. The largest absolute Gasteiger partial charge is 0.398 e. The second kappa shape index (κ2) is 5.23. The van der Waals surface area contributed by atoms with Crippen LogP contribution in [0.15, 0.2) is 46.9 Å². The summed E-state index contributed by atoms with van der Waals surface area (Å²) in [6.07, 6.45) is 0. The molecule has 0 aromatic heterocycles. The van der Waals surface area contributed by atoms with Crippen molar-refractivity contribution in [1.29, 1.82) is 0 Å². The summed E-state index contributed by atoms with van der Waals surface area (Å²) in [6, 6.07) is 12.8. The average Bonchev–Trinajstić information content (AvgIpc) is 2.34. The number of hydrogen-bond donors (Lipinski definition) is 2. The van der Waals surface area contributed by atoms with Crippen molar-refractivity contribution in [3.8, 4) is 0 Å². The van der Waals surface area contributed by atoms with Crippen LogP contribution in [0.2, 0.25) is 0 Å². The first-order valence-electron chi connectivity index (χ1n) is 5.50. The van der Waals surface area contributed by atoms with E-state index in [9.17, 15) is 4.79 Å². The lowest BCUT2D eigenvalue weighted by Crippen LogP contribution is -2.13. The van der Waals surface area contributed by atoms with Gasteiger partial charge in [-0.25, -0.2) is 0 Å². The molecule has 18 heavy (non-hydrogen) atoms. The Morgan fingerprint density at radius 3 is 2.61 bits per heavy atom. The predicted molar refractivity (Wildman–Crippen MR) is 77.7 cm³/mol. The number of benzene rings is 2. The highest BCUT2D eigenvalue weighted by Gasteiger charge is 2.08. The maximum Gasteiger partial charge on any atom is 0.255 e. The van der Waals surface area contributed by atoms with E-state index in [1.165, 1.54) is 0 Å². The summed E-state index contributed by atoms with van der Waals surface area (Å²) >= 11 is 3.31. The Balaban J connectivity index is 2.22. The first kappa shape index (κ1) is 12.6. The number of nitrogen functional groups attached to an aromatic ring is 1. The average molecular weight is 305 g/mol. The van der Waals surface area contributed by atoms with Gasteiger partial charge in [-0.05, 0) is 52.7 Å². The molecule has 0 fully saturated rings. The van der Waals surface area contributed by atoms with Gasteiger partial charge in [-0.15, -0.1) is 0 Å². The van der Waals surface area contributed by atoms with Gasteiger partial charge in [0.2, 0.25) is 0 Å². The zero-order valence-corrected chi connectivity index (χ0v) is 11.5. The van der Waals surface area contributed by atoms with Crippen LogP contribution in [0.4, 0.5) is 11.4 Å². The Morgan fingerprint density at radius 2 is 1.94 bits per heavy atom. The first-order valence-corrected chi connectivity index (χ1v) is 6.29. The third-order valence-corrected chi connectivity index (χ3v) is 3.37. The van der Waals surface area contributed by atoms with Crippen molar-refractivity contribution in [3.05, 3.63) is 58.1 Å². The van der Waals surface area contributed by atoms with Gasteiger partial charge in [0.25, 0.3) is 5.91 Å². The van der Waals surface area contributed by atoms with Gasteiger partial charge in [0.15, 0.2) is 0 Å². The second-order valence-corrected chi connectivity index (χ2v) is 4.86. The minimum Gasteiger partial charge on any atom is -0.398 e. The molecule has 0 aliphatic heterocycles. The van der Waals surface area contributed by atoms with E-state index in [-0.39, 0.29) is 5.91 Å². The number of carbonyl (C=O) groups excluding carboxylic acids is 1. The van der Waals surface area contributed by atoms with Gasteiger partial charge in [-0.1, -0.05) is 18.2 Å². The van der Waals surface area contributed by atoms with Gasteiger partial charge < -0.3 is 11.1 Å². The van der Waals surface area contributed by atoms with E-state index in [0.29, 0.717) is 16.9 Å². The predicted octanol–water partition coefficient (Wildman–Crippen LogP) is 3.59. The third kappa shape index (κ3) is 2.71. The van der Waals surface area contributed by atoms with E-state index < -0.39 is 0 Å². The Kier molecular flexibility index (Phi) is 3.67. The van der Waals surface area contributed by atoms with E-state index in [1.807, 2.05) is 31.2 Å². The molecule has 0 unspecified atom stereocenters. The van der Waals surface area contributed by atoms with Crippen molar-refractivity contribution >= 4 is 33.2 Å². The summed E-state index contributed by atoms with van der Waals surface area (Å²) in [4.78, 5) is 12.1. The van der Waals surface area contributed by atoms with E-state index in [0.717, 1.165) is 10.0 Å². The summed E-state index contributed by atoms with van der Waals surface area (Å²) < 4.78 is 0.816. The maximum absolute atomic E-state index is 12.1. The van der Waals surface area contributed by atoms with Crippen molar-refractivity contribution in [3.63, 3.8) is 0 Å². The Labute approximate surface area is 114 Å². The highest BCUT2D eigenvalue weighted by Crippen LogP contribution is 2.23. The molecule has 0 radical (unpaired) electrons. The molecule has 0 spiro atoms. The lowest BCUT2D eigenvalue weighted by atomic mass is 10.1. The number of hydrogen-bond acceptors (Lipinski definition) is 2. The fraction of sp³-hybridized carbons (Fsp3) is 0.0714. The van der Waals surface area contributed by atoms with Crippen molar-refractivity contribution in [2.45, 2.75) is 6.92 Å². The molecule has 3 nitrogen and oxygen atoms in total. The minimum atomic E-state index is -0.130. The highest BCUT2D eigenvalue weighted by atomic mass is 79.9. The lowest BCUT2D eigenvalue weighted by molar-refractivity contribution is 0.102. The molecule has 4 heteroatoms. The topological polar surface area (TPSA) is 55.1 Å². The fourth-order valence-corrected chi connectivity index (χ4v) is 1.89. The number of aryl methyl sites for hydroxylation is 1. The third-order valence-electron chi connectivity index (χ3n) is 2.64. The zero-order chi connectivity index (χ0) is 13.1. The first-order chi connectivity index (χ1) is 8.58. The molecule has 0 atom stereocenters. The number of nitrogens with one attached hydrogen (secondary N) is 1. The van der Waals surface area contributed by atoms with E-state index >= 15 is 0 Å². The van der Waals surface area contributed by atoms with Crippen molar-refractivity contribution < 1.29 is 4.79 Å². The molecule has 0 saturated heterocycles. The molecule has 2 aromatic rings. The number of anilines is 2. The van der Waals surface area contributed by atoms with Crippen LogP contribution in [0.3, 0.4) is 0 Å². The molecular weight excluding hydrogens is 292 g/mol. The maximum atomic E-state index is 12.1. The summed E-state index contributed by atoms with van der Waals surface area (Å²) in [5.74, 6) is -0.130. The van der Waals surface area contributed by atoms with Crippen LogP contribution in [0.25, 0.3) is 0 Å². The zero-order valence-electron chi connectivity index (χ0n) is 9.91. The Morgan fingerprint density at radius 1 is 1.22 bits per heavy atom. The molecule has 0 saturated carbocycles. The van der Waals surface area contributed by atoms with Crippen LogP contribution in [0, 0.1) is 6.92 Å². The van der Waals surface area contributed by atoms with Crippen LogP contribution in [0.1, 0.15) is 15.9 Å². The minimum absolute atomic E-state index is 0.130. The smallest absolute Gasteiger partial charge is 0.255 e. The molecule has 2 aromatic carbocycles. The van der Waals surface area contributed by atoms with Gasteiger partial charge in [0, 0.05) is 21.4 Å². The summed E-state index contributed by atoms with van der Waals surface area (Å²) in [5.41, 5.74) is 8.66. The van der Waals surface area contributed by atoms with Crippen LogP contribution < -0.4 is 11.1 Å². The van der Waals surface area contributed by atoms with Crippen LogP contribution in [-0.4, -0.2) is 5.91 Å².